The molecule has 0 aliphatic heterocycles. The van der Waals surface area contributed by atoms with Gasteiger partial charge in [0, 0.05) is 18.6 Å². The Hall–Kier alpha value is -1.99. The van der Waals surface area contributed by atoms with Crippen LogP contribution < -0.4 is 0 Å². The first-order valence-electron chi connectivity index (χ1n) is 6.15. The van der Waals surface area contributed by atoms with Crippen LogP contribution in [0.3, 0.4) is 0 Å². The molecule has 1 aromatic carbocycles. The highest BCUT2D eigenvalue weighted by atomic mass is 16.6. The number of hydrogen-bond acceptors (Lipinski definition) is 6. The van der Waals surface area contributed by atoms with E-state index in [1.165, 1.54) is 6.07 Å². The van der Waals surface area contributed by atoms with E-state index in [0.717, 1.165) is 7.11 Å². The first-order valence-corrected chi connectivity index (χ1v) is 6.15. The predicted octanol–water partition coefficient (Wildman–Crippen LogP) is 1.67. The van der Waals surface area contributed by atoms with Crippen LogP contribution in [0.5, 0.6) is 0 Å². The molecule has 1 N–H and O–H groups in total. The van der Waals surface area contributed by atoms with Crippen molar-refractivity contribution in [2.45, 2.75) is 26.1 Å². The van der Waals surface area contributed by atoms with Gasteiger partial charge in [0.25, 0.3) is 5.69 Å². The average molecular weight is 283 g/mol. The molecule has 0 aliphatic rings. The molecule has 0 aliphatic carbocycles. The van der Waals surface area contributed by atoms with Gasteiger partial charge in [-0.2, -0.15) is 0 Å². The van der Waals surface area contributed by atoms with E-state index in [-0.39, 0.29) is 24.1 Å². The summed E-state index contributed by atoms with van der Waals surface area (Å²) in [4.78, 5) is 22.1. The van der Waals surface area contributed by atoms with Crippen LogP contribution in [-0.4, -0.2) is 36.0 Å². The molecule has 1 atom stereocenters. The number of aliphatic hydroxyl groups is 1. The first kappa shape index (κ1) is 16.1. The van der Waals surface area contributed by atoms with Gasteiger partial charge >= 0.3 is 5.97 Å². The van der Waals surface area contributed by atoms with E-state index in [9.17, 15) is 20.0 Å². The van der Waals surface area contributed by atoms with Gasteiger partial charge in [0.2, 0.25) is 0 Å². The quantitative estimate of drug-likeness (QED) is 0.353. The highest BCUT2D eigenvalue weighted by molar-refractivity contribution is 5.94. The molecule has 0 bridgehead atoms. The molecule has 0 radical (unpaired) electrons. The second-order valence-corrected chi connectivity index (χ2v) is 4.01. The minimum Gasteiger partial charge on any atom is -0.465 e. The third-order valence-electron chi connectivity index (χ3n) is 2.73. The van der Waals surface area contributed by atoms with Gasteiger partial charge in [-0.15, -0.1) is 0 Å². The molecule has 0 heterocycles. The second kappa shape index (κ2) is 7.56. The van der Waals surface area contributed by atoms with Crippen LogP contribution >= 0.6 is 0 Å². The Morgan fingerprint density at radius 1 is 1.50 bits per heavy atom. The van der Waals surface area contributed by atoms with Crippen molar-refractivity contribution in [2.24, 2.45) is 0 Å². The summed E-state index contributed by atoms with van der Waals surface area (Å²) in [6.07, 6.45) is -0.553. The predicted molar refractivity (Wildman–Crippen MR) is 70.4 cm³/mol. The van der Waals surface area contributed by atoms with Crippen LogP contribution in [0.4, 0.5) is 5.69 Å². The molecule has 0 saturated heterocycles. The number of nitrogens with zero attached hydrogens (tertiary/aromatic N) is 1. The van der Waals surface area contributed by atoms with E-state index in [4.69, 9.17) is 4.74 Å². The Balaban J connectivity index is 3.01. The summed E-state index contributed by atoms with van der Waals surface area (Å²) in [6.45, 7) is 2.09. The summed E-state index contributed by atoms with van der Waals surface area (Å²) in [5.41, 5.74) is -0.0272. The fourth-order valence-electron chi connectivity index (χ4n) is 1.84. The Morgan fingerprint density at radius 2 is 2.20 bits per heavy atom. The highest BCUT2D eigenvalue weighted by Gasteiger charge is 2.25. The van der Waals surface area contributed by atoms with Crippen molar-refractivity contribution in [2.75, 3.05) is 13.7 Å². The van der Waals surface area contributed by atoms with E-state index in [1.807, 2.05) is 0 Å². The fourth-order valence-corrected chi connectivity index (χ4v) is 1.84. The number of rotatable bonds is 7. The number of hydrogen-bond donors (Lipinski definition) is 1. The van der Waals surface area contributed by atoms with Crippen LogP contribution in [0.15, 0.2) is 18.2 Å². The monoisotopic (exact) mass is 283 g/mol. The van der Waals surface area contributed by atoms with Crippen LogP contribution in [-0.2, 0) is 15.9 Å². The molecule has 0 amide bonds. The minimum absolute atomic E-state index is 0.0964. The number of aliphatic hydroxyl groups excluding tert-OH is 1. The normalized spacial score (nSPS) is 11.9. The zero-order valence-corrected chi connectivity index (χ0v) is 11.4. The number of nitro benzene ring substituents is 1. The summed E-state index contributed by atoms with van der Waals surface area (Å²) >= 11 is 0. The van der Waals surface area contributed by atoms with Gasteiger partial charge in [0.1, 0.15) is 5.56 Å². The van der Waals surface area contributed by atoms with Gasteiger partial charge in [0.15, 0.2) is 6.29 Å². The Kier molecular flexibility index (Phi) is 6.08. The number of ether oxygens (including phenoxy) is 2. The number of carbonyl (C=O) groups is 1. The fraction of sp³-hybridized carbons (Fsp3) is 0.462. The zero-order chi connectivity index (χ0) is 15.1. The molecule has 1 rings (SSSR count). The number of carbonyl (C=O) groups excluding carboxylic acids is 1. The molecule has 0 saturated carbocycles. The summed E-state index contributed by atoms with van der Waals surface area (Å²) < 4.78 is 9.49. The van der Waals surface area contributed by atoms with E-state index in [2.05, 4.69) is 4.74 Å². The summed E-state index contributed by atoms with van der Waals surface area (Å²) in [5, 5.41) is 20.6. The van der Waals surface area contributed by atoms with E-state index in [0.29, 0.717) is 12.2 Å². The zero-order valence-electron chi connectivity index (χ0n) is 11.4. The molecule has 20 heavy (non-hydrogen) atoms. The van der Waals surface area contributed by atoms with Crippen molar-refractivity contribution in [1.29, 1.82) is 0 Å². The first-order chi connectivity index (χ1) is 9.51. The van der Waals surface area contributed by atoms with E-state index >= 15 is 0 Å². The molecule has 1 aromatic rings. The van der Waals surface area contributed by atoms with Crippen LogP contribution in [0, 0.1) is 10.1 Å². The molecule has 1 unspecified atom stereocenters. The highest BCUT2D eigenvalue weighted by Crippen LogP contribution is 2.26. The lowest BCUT2D eigenvalue weighted by atomic mass is 10.0. The van der Waals surface area contributed by atoms with Crippen molar-refractivity contribution in [1.82, 2.24) is 0 Å². The Bertz CT molecular complexity index is 488. The lowest BCUT2D eigenvalue weighted by Gasteiger charge is -2.11. The van der Waals surface area contributed by atoms with Gasteiger partial charge in [-0.1, -0.05) is 12.1 Å². The number of aryl methyl sites for hydroxylation is 1. The minimum atomic E-state index is -0.985. The average Bonchev–Trinajstić information content (AvgIpc) is 2.43. The molecular formula is C13H17NO6. The number of esters is 1. The largest absolute Gasteiger partial charge is 0.465 e. The number of nitro groups is 1. The van der Waals surface area contributed by atoms with E-state index in [1.54, 1.807) is 19.1 Å². The maximum absolute atomic E-state index is 11.5. The molecule has 7 nitrogen and oxygen atoms in total. The lowest BCUT2D eigenvalue weighted by molar-refractivity contribution is -0.385. The third-order valence-corrected chi connectivity index (χ3v) is 2.73. The molecule has 7 heteroatoms. The maximum Gasteiger partial charge on any atom is 0.344 e. The van der Waals surface area contributed by atoms with Gasteiger partial charge in [-0.25, -0.2) is 4.79 Å². The van der Waals surface area contributed by atoms with Gasteiger partial charge in [-0.3, -0.25) is 10.1 Å². The number of methoxy groups -OCH3 is 1. The van der Waals surface area contributed by atoms with Gasteiger partial charge < -0.3 is 14.6 Å². The summed E-state index contributed by atoms with van der Waals surface area (Å²) in [7, 11) is 1.16. The van der Waals surface area contributed by atoms with E-state index < -0.39 is 17.2 Å². The van der Waals surface area contributed by atoms with Crippen LogP contribution in [0.2, 0.25) is 0 Å². The van der Waals surface area contributed by atoms with Crippen molar-refractivity contribution in [3.05, 3.63) is 39.4 Å². The standard InChI is InChI=1S/C13H17NO6/c1-3-20-11(15)8-7-9-5-4-6-10(13(16)19-2)12(9)14(17)18/h4-6,11,15H,3,7-8H2,1-2H3. The molecule has 0 spiro atoms. The van der Waals surface area contributed by atoms with Crippen molar-refractivity contribution in [3.8, 4) is 0 Å². The Labute approximate surface area is 116 Å². The van der Waals surface area contributed by atoms with Crippen molar-refractivity contribution in [3.63, 3.8) is 0 Å². The molecular weight excluding hydrogens is 266 g/mol. The van der Waals surface area contributed by atoms with Crippen molar-refractivity contribution < 1.29 is 24.3 Å². The maximum atomic E-state index is 11.5. The topological polar surface area (TPSA) is 98.9 Å². The SMILES string of the molecule is CCOC(O)CCc1cccc(C(=O)OC)c1[N+](=O)[O-]. The Morgan fingerprint density at radius 3 is 2.75 bits per heavy atom. The number of para-hydroxylation sites is 1. The van der Waals surface area contributed by atoms with Crippen LogP contribution in [0.25, 0.3) is 0 Å². The van der Waals surface area contributed by atoms with Crippen LogP contribution in [0.1, 0.15) is 29.3 Å². The summed E-state index contributed by atoms with van der Waals surface area (Å²) in [5.74, 6) is -0.760. The summed E-state index contributed by atoms with van der Waals surface area (Å²) in [6, 6.07) is 4.43. The van der Waals surface area contributed by atoms with Gasteiger partial charge in [-0.05, 0) is 19.4 Å². The molecule has 110 valence electrons. The van der Waals surface area contributed by atoms with Crippen molar-refractivity contribution >= 4 is 11.7 Å². The smallest absolute Gasteiger partial charge is 0.344 e. The lowest BCUT2D eigenvalue weighted by Crippen LogP contribution is -2.14. The number of benzene rings is 1. The second-order valence-electron chi connectivity index (χ2n) is 4.01. The molecule has 0 aromatic heterocycles. The molecule has 0 fully saturated rings. The third kappa shape index (κ3) is 4.01. The van der Waals surface area contributed by atoms with Gasteiger partial charge in [0.05, 0.1) is 12.0 Å².